The Hall–Kier alpha value is -0.260. The summed E-state index contributed by atoms with van der Waals surface area (Å²) in [6, 6.07) is 0. The van der Waals surface area contributed by atoms with Gasteiger partial charge in [-0.25, -0.2) is 0 Å². The van der Waals surface area contributed by atoms with Crippen molar-refractivity contribution in [2.45, 2.75) is 163 Å². The van der Waals surface area contributed by atoms with E-state index in [4.69, 9.17) is 0 Å². The van der Waals surface area contributed by atoms with Gasteiger partial charge < -0.3 is 0 Å². The van der Waals surface area contributed by atoms with Crippen LogP contribution in [0.3, 0.4) is 0 Å². The normalized spacial score (nSPS) is 13.9. The monoisotopic (exact) mass is 406 g/mol. The highest BCUT2D eigenvalue weighted by Crippen LogP contribution is 2.19. The van der Waals surface area contributed by atoms with Crippen molar-refractivity contribution >= 4 is 0 Å². The predicted octanol–water partition coefficient (Wildman–Crippen LogP) is 11.0. The maximum Gasteiger partial charge on any atom is -0.0348 e. The molecule has 0 aliphatic carbocycles. The van der Waals surface area contributed by atoms with E-state index in [0.29, 0.717) is 0 Å². The van der Waals surface area contributed by atoms with Gasteiger partial charge in [-0.3, -0.25) is 0 Å². The minimum Gasteiger partial charge on any atom is -0.0885 e. The average molecular weight is 407 g/mol. The van der Waals surface area contributed by atoms with Gasteiger partial charge in [-0.15, -0.1) is 0 Å². The second kappa shape index (κ2) is 24.0. The summed E-state index contributed by atoms with van der Waals surface area (Å²) in [5.41, 5.74) is 0. The van der Waals surface area contributed by atoms with Crippen LogP contribution in [0.5, 0.6) is 0 Å². The van der Waals surface area contributed by atoms with Gasteiger partial charge in [-0.1, -0.05) is 149 Å². The van der Waals surface area contributed by atoms with Crippen LogP contribution in [0.15, 0.2) is 12.2 Å². The van der Waals surface area contributed by atoms with E-state index in [1.807, 2.05) is 0 Å². The summed E-state index contributed by atoms with van der Waals surface area (Å²) in [7, 11) is 0. The van der Waals surface area contributed by atoms with Gasteiger partial charge in [0, 0.05) is 0 Å². The maximum absolute atomic E-state index is 2.47. The van der Waals surface area contributed by atoms with Gasteiger partial charge in [-0.05, 0) is 37.5 Å². The van der Waals surface area contributed by atoms with Crippen LogP contribution in [0.25, 0.3) is 0 Å². The van der Waals surface area contributed by atoms with Crippen molar-refractivity contribution in [1.82, 2.24) is 0 Å². The molecule has 0 saturated heterocycles. The fourth-order valence-electron chi connectivity index (χ4n) is 4.38. The van der Waals surface area contributed by atoms with Crippen LogP contribution in [0.2, 0.25) is 0 Å². The maximum atomic E-state index is 2.47. The van der Waals surface area contributed by atoms with Crippen molar-refractivity contribution < 1.29 is 0 Å². The first kappa shape index (κ1) is 28.7. The van der Waals surface area contributed by atoms with Crippen molar-refractivity contribution in [3.05, 3.63) is 12.2 Å². The molecule has 0 bridgehead atoms. The lowest BCUT2D eigenvalue weighted by Crippen LogP contribution is -1.95. The summed E-state index contributed by atoms with van der Waals surface area (Å²) in [6.45, 7) is 9.52. The molecule has 29 heavy (non-hydrogen) atoms. The van der Waals surface area contributed by atoms with Gasteiger partial charge in [-0.2, -0.15) is 0 Å². The highest BCUT2D eigenvalue weighted by molar-refractivity contribution is 4.82. The molecule has 0 aromatic heterocycles. The van der Waals surface area contributed by atoms with Crippen LogP contribution < -0.4 is 0 Å². The van der Waals surface area contributed by atoms with Crippen molar-refractivity contribution in [2.24, 2.45) is 11.8 Å². The van der Waals surface area contributed by atoms with Crippen LogP contribution >= 0.6 is 0 Å². The average Bonchev–Trinajstić information content (AvgIpc) is 2.71. The van der Waals surface area contributed by atoms with Crippen LogP contribution in [0, 0.1) is 11.8 Å². The molecule has 0 heteroatoms. The lowest BCUT2D eigenvalue weighted by molar-refractivity contribution is 0.433. The van der Waals surface area contributed by atoms with Gasteiger partial charge in [0.05, 0.1) is 0 Å². The Bertz CT molecular complexity index is 316. The third-order valence-corrected chi connectivity index (χ3v) is 6.66. The molecule has 0 nitrogen and oxygen atoms in total. The summed E-state index contributed by atoms with van der Waals surface area (Å²) < 4.78 is 0. The highest BCUT2D eigenvalue weighted by atomic mass is 14.1. The van der Waals surface area contributed by atoms with E-state index in [9.17, 15) is 0 Å². The first-order chi connectivity index (χ1) is 14.2. The first-order valence-electron chi connectivity index (χ1n) is 13.9. The molecule has 0 N–H and O–H groups in total. The van der Waals surface area contributed by atoms with Crippen molar-refractivity contribution in [2.75, 3.05) is 0 Å². The summed E-state index contributed by atoms with van der Waals surface area (Å²) in [6.07, 6.45) is 34.8. The molecule has 0 heterocycles. The van der Waals surface area contributed by atoms with Crippen molar-refractivity contribution in [1.29, 1.82) is 0 Å². The van der Waals surface area contributed by atoms with Gasteiger partial charge in [0.25, 0.3) is 0 Å². The Balaban J connectivity index is 3.29. The minimum absolute atomic E-state index is 0.917. The van der Waals surface area contributed by atoms with E-state index in [1.165, 1.54) is 135 Å². The molecule has 0 aromatic rings. The molecule has 0 aromatic carbocycles. The van der Waals surface area contributed by atoms with Gasteiger partial charge in [0.1, 0.15) is 0 Å². The van der Waals surface area contributed by atoms with E-state index in [1.54, 1.807) is 0 Å². The minimum atomic E-state index is 0.917. The molecule has 2 unspecified atom stereocenters. The molecule has 0 amide bonds. The fourth-order valence-corrected chi connectivity index (χ4v) is 4.38. The molecule has 0 spiro atoms. The number of hydrogen-bond acceptors (Lipinski definition) is 0. The van der Waals surface area contributed by atoms with Crippen molar-refractivity contribution in [3.63, 3.8) is 0 Å². The van der Waals surface area contributed by atoms with E-state index in [2.05, 4.69) is 39.8 Å². The highest BCUT2D eigenvalue weighted by Gasteiger charge is 2.02. The van der Waals surface area contributed by atoms with E-state index in [-0.39, 0.29) is 0 Å². The Morgan fingerprint density at radius 2 is 0.793 bits per heavy atom. The Kier molecular flexibility index (Phi) is 23.8. The summed E-state index contributed by atoms with van der Waals surface area (Å²) in [4.78, 5) is 0. The molecular formula is C29H58. The predicted molar refractivity (Wildman–Crippen MR) is 136 cm³/mol. The topological polar surface area (TPSA) is 0 Å². The molecule has 0 aliphatic rings. The molecule has 0 saturated carbocycles. The smallest absolute Gasteiger partial charge is 0.0348 e. The lowest BCUT2D eigenvalue weighted by Gasteiger charge is -2.10. The fraction of sp³-hybridized carbons (Fsp3) is 0.931. The second-order valence-corrected chi connectivity index (χ2v) is 10.0. The summed E-state index contributed by atoms with van der Waals surface area (Å²) >= 11 is 0. The Labute approximate surface area is 186 Å². The number of unbranched alkanes of at least 4 members (excludes halogenated alkanes) is 13. The van der Waals surface area contributed by atoms with E-state index >= 15 is 0 Å². The second-order valence-electron chi connectivity index (χ2n) is 10.0. The molecule has 2 atom stereocenters. The lowest BCUT2D eigenvalue weighted by atomic mass is 9.96. The number of rotatable bonds is 23. The molecule has 0 aliphatic heterocycles. The SMILES string of the molecule is CCCCCCCC(C)CCC=CCCCCCCCC(C)CCCCCCC. The quantitative estimate of drug-likeness (QED) is 0.117. The third kappa shape index (κ3) is 23.9. The standard InChI is InChI=1S/C29H58/c1-5-7-9-16-20-24-28(3)26-22-18-14-12-11-13-15-19-23-27-29(4)25-21-17-10-8-6-2/h14,18,28-29H,5-13,15-17,19-27H2,1-4H3. The first-order valence-corrected chi connectivity index (χ1v) is 13.9. The molecular weight excluding hydrogens is 348 g/mol. The van der Waals surface area contributed by atoms with Crippen LogP contribution in [-0.4, -0.2) is 0 Å². The molecule has 0 radical (unpaired) electrons. The van der Waals surface area contributed by atoms with Crippen LogP contribution in [-0.2, 0) is 0 Å². The van der Waals surface area contributed by atoms with Gasteiger partial charge in [0.2, 0.25) is 0 Å². The number of allylic oxidation sites excluding steroid dienone is 2. The summed E-state index contributed by atoms with van der Waals surface area (Å²) in [5.74, 6) is 1.87. The Morgan fingerprint density at radius 3 is 1.31 bits per heavy atom. The van der Waals surface area contributed by atoms with Crippen molar-refractivity contribution in [3.8, 4) is 0 Å². The van der Waals surface area contributed by atoms with Crippen LogP contribution in [0.4, 0.5) is 0 Å². The summed E-state index contributed by atoms with van der Waals surface area (Å²) in [5, 5.41) is 0. The molecule has 0 rings (SSSR count). The molecule has 0 fully saturated rings. The Morgan fingerprint density at radius 1 is 0.414 bits per heavy atom. The third-order valence-electron chi connectivity index (χ3n) is 6.66. The van der Waals surface area contributed by atoms with E-state index < -0.39 is 0 Å². The van der Waals surface area contributed by atoms with Gasteiger partial charge in [0.15, 0.2) is 0 Å². The zero-order valence-corrected chi connectivity index (χ0v) is 21.2. The largest absolute Gasteiger partial charge is 0.0885 e. The zero-order chi connectivity index (χ0) is 21.4. The molecule has 174 valence electrons. The van der Waals surface area contributed by atoms with E-state index in [0.717, 1.165) is 11.8 Å². The number of hydrogen-bond donors (Lipinski definition) is 0. The van der Waals surface area contributed by atoms with Crippen LogP contribution in [0.1, 0.15) is 163 Å². The zero-order valence-electron chi connectivity index (χ0n) is 21.2. The van der Waals surface area contributed by atoms with Gasteiger partial charge >= 0.3 is 0 Å².